The minimum absolute atomic E-state index is 0.245. The van der Waals surface area contributed by atoms with Crippen molar-refractivity contribution in [3.05, 3.63) is 60.2 Å². The normalized spacial score (nSPS) is 10.6. The van der Waals surface area contributed by atoms with E-state index in [9.17, 15) is 9.59 Å². The highest BCUT2D eigenvalue weighted by molar-refractivity contribution is 5.89. The number of carbonyl (C=O) groups excluding carboxylic acids is 2. The van der Waals surface area contributed by atoms with Gasteiger partial charge in [-0.25, -0.2) is 14.5 Å². The largest absolute Gasteiger partial charge is 0.543 e. The summed E-state index contributed by atoms with van der Waals surface area (Å²) in [6.07, 6.45) is 13.7. The highest BCUT2D eigenvalue weighted by Gasteiger charge is 2.12. The van der Waals surface area contributed by atoms with Crippen molar-refractivity contribution in [1.29, 1.82) is 0 Å². The van der Waals surface area contributed by atoms with Crippen molar-refractivity contribution in [3.63, 3.8) is 0 Å². The van der Waals surface area contributed by atoms with E-state index in [-0.39, 0.29) is 12.2 Å². The van der Waals surface area contributed by atoms with Gasteiger partial charge in [-0.1, -0.05) is 120 Å². The minimum Gasteiger partial charge on any atom is -0.432 e. The quantitative estimate of drug-likeness (QED) is 0.100. The Morgan fingerprint density at radius 2 is 1.15 bits per heavy atom. The maximum Gasteiger partial charge on any atom is 0.543 e. The van der Waals surface area contributed by atoms with Crippen LogP contribution in [0.2, 0.25) is 0 Å². The van der Waals surface area contributed by atoms with E-state index >= 15 is 0 Å². The lowest BCUT2D eigenvalue weighted by atomic mass is 10.0. The van der Waals surface area contributed by atoms with Crippen LogP contribution in [0.3, 0.4) is 0 Å². The second-order valence-electron chi connectivity index (χ2n) is 8.45. The molecule has 0 saturated carbocycles. The highest BCUT2D eigenvalue weighted by Crippen LogP contribution is 2.19. The Balaban J connectivity index is 1.44. The van der Waals surface area contributed by atoms with Crippen LogP contribution in [0.15, 0.2) is 54.6 Å². The molecule has 2 aromatic rings. The molecule has 0 heterocycles. The second kappa shape index (κ2) is 17.6. The Labute approximate surface area is 203 Å². The van der Waals surface area contributed by atoms with Gasteiger partial charge in [-0.15, -0.1) is 0 Å². The Kier molecular flexibility index (Phi) is 14.2. The van der Waals surface area contributed by atoms with Gasteiger partial charge < -0.3 is 4.74 Å². The van der Waals surface area contributed by atoms with Gasteiger partial charge in [0.05, 0.1) is 17.2 Å². The molecule has 186 valence electrons. The van der Waals surface area contributed by atoms with Gasteiger partial charge in [0.25, 0.3) is 0 Å². The molecule has 0 N–H and O–H groups in total. The second-order valence-corrected chi connectivity index (χ2v) is 8.45. The summed E-state index contributed by atoms with van der Waals surface area (Å²) in [7, 11) is 0. The van der Waals surface area contributed by atoms with Crippen molar-refractivity contribution < 1.29 is 29.1 Å². The van der Waals surface area contributed by atoms with E-state index in [0.717, 1.165) is 30.4 Å². The van der Waals surface area contributed by atoms with Gasteiger partial charge in [0.2, 0.25) is 0 Å². The van der Waals surface area contributed by atoms with Crippen LogP contribution in [0, 0.1) is 0 Å². The fraction of sp³-hybridized carbons (Fsp3) is 0.500. The molecular weight excluding hydrogens is 432 g/mol. The average Bonchev–Trinajstić information content (AvgIpc) is 2.87. The first-order valence-electron chi connectivity index (χ1n) is 12.6. The predicted molar refractivity (Wildman–Crippen MR) is 132 cm³/mol. The zero-order valence-corrected chi connectivity index (χ0v) is 20.3. The SMILES string of the molecule is CCCCCCCCCCCCCCOC(=O)OOOC(=O)c1ccc(-c2ccccc2)cc1. The maximum absolute atomic E-state index is 12.0. The van der Waals surface area contributed by atoms with Crippen molar-refractivity contribution >= 4 is 12.1 Å². The molecule has 0 unspecified atom stereocenters. The standard InChI is InChI=1S/C28H38O6/c1-2-3-4-5-6-7-8-9-10-11-12-16-23-31-28(30)33-34-32-27(29)26-21-19-25(20-22-26)24-17-14-13-15-18-24/h13-15,17-22H,2-12,16,23H2,1H3. The molecule has 0 aromatic heterocycles. The summed E-state index contributed by atoms with van der Waals surface area (Å²) in [5.74, 6) is -0.770. The Morgan fingerprint density at radius 1 is 0.618 bits per heavy atom. The zero-order valence-electron chi connectivity index (χ0n) is 20.3. The van der Waals surface area contributed by atoms with Crippen molar-refractivity contribution in [1.82, 2.24) is 0 Å². The molecule has 0 fully saturated rings. The smallest absolute Gasteiger partial charge is 0.432 e. The summed E-state index contributed by atoms with van der Waals surface area (Å²) in [5.41, 5.74) is 2.28. The lowest BCUT2D eigenvalue weighted by Crippen LogP contribution is -2.12. The fourth-order valence-electron chi connectivity index (χ4n) is 3.68. The van der Waals surface area contributed by atoms with Gasteiger partial charge in [-0.05, 0) is 29.7 Å². The molecular formula is C28H38O6. The Bertz CT molecular complexity index is 803. The molecule has 0 aliphatic carbocycles. The average molecular weight is 471 g/mol. The summed E-state index contributed by atoms with van der Waals surface area (Å²) in [5, 5.41) is 4.27. The number of benzene rings is 2. The highest BCUT2D eigenvalue weighted by atomic mass is 17.5. The van der Waals surface area contributed by atoms with Crippen LogP contribution < -0.4 is 0 Å². The van der Waals surface area contributed by atoms with Gasteiger partial charge in [0.1, 0.15) is 0 Å². The number of ether oxygens (including phenoxy) is 1. The molecule has 2 rings (SSSR count). The van der Waals surface area contributed by atoms with Gasteiger partial charge in [-0.3, -0.25) is 4.89 Å². The maximum atomic E-state index is 12.0. The molecule has 6 heteroatoms. The van der Waals surface area contributed by atoms with Crippen LogP contribution in [0.1, 0.15) is 94.3 Å². The van der Waals surface area contributed by atoms with E-state index in [0.29, 0.717) is 0 Å². The van der Waals surface area contributed by atoms with Crippen LogP contribution in [-0.2, 0) is 19.6 Å². The summed E-state index contributed by atoms with van der Waals surface area (Å²) >= 11 is 0. The van der Waals surface area contributed by atoms with Crippen molar-refractivity contribution in [2.75, 3.05) is 6.61 Å². The first-order chi connectivity index (χ1) is 16.7. The first-order valence-corrected chi connectivity index (χ1v) is 12.6. The molecule has 0 spiro atoms. The molecule has 0 atom stereocenters. The van der Waals surface area contributed by atoms with E-state index in [1.54, 1.807) is 24.3 Å². The van der Waals surface area contributed by atoms with Crippen LogP contribution in [-0.4, -0.2) is 18.7 Å². The van der Waals surface area contributed by atoms with Gasteiger partial charge >= 0.3 is 12.1 Å². The molecule has 0 bridgehead atoms. The van der Waals surface area contributed by atoms with Gasteiger partial charge in [0, 0.05) is 0 Å². The molecule has 0 radical (unpaired) electrons. The van der Waals surface area contributed by atoms with Crippen LogP contribution in [0.4, 0.5) is 4.79 Å². The van der Waals surface area contributed by atoms with E-state index < -0.39 is 12.1 Å². The fourth-order valence-corrected chi connectivity index (χ4v) is 3.68. The number of carbonyl (C=O) groups is 2. The molecule has 34 heavy (non-hydrogen) atoms. The third-order valence-electron chi connectivity index (χ3n) is 5.66. The van der Waals surface area contributed by atoms with Gasteiger partial charge in [0.15, 0.2) is 0 Å². The van der Waals surface area contributed by atoms with E-state index in [1.807, 2.05) is 30.3 Å². The first kappa shape index (κ1) is 27.4. The molecule has 2 aromatic carbocycles. The van der Waals surface area contributed by atoms with Crippen LogP contribution in [0.5, 0.6) is 0 Å². The molecule has 0 aliphatic heterocycles. The zero-order chi connectivity index (χ0) is 24.3. The monoisotopic (exact) mass is 470 g/mol. The van der Waals surface area contributed by atoms with Crippen molar-refractivity contribution in [2.24, 2.45) is 0 Å². The molecule has 0 aliphatic rings. The predicted octanol–water partition coefficient (Wildman–Crippen LogP) is 8.21. The Morgan fingerprint density at radius 3 is 1.74 bits per heavy atom. The number of hydrogen-bond acceptors (Lipinski definition) is 6. The lowest BCUT2D eigenvalue weighted by molar-refractivity contribution is -0.452. The van der Waals surface area contributed by atoms with E-state index in [4.69, 9.17) is 4.74 Å². The summed E-state index contributed by atoms with van der Waals surface area (Å²) in [6, 6.07) is 16.6. The van der Waals surface area contributed by atoms with E-state index in [1.165, 1.54) is 57.8 Å². The number of hydrogen-bond donors (Lipinski definition) is 0. The van der Waals surface area contributed by atoms with Crippen molar-refractivity contribution in [3.8, 4) is 11.1 Å². The topological polar surface area (TPSA) is 71.1 Å². The molecule has 6 nitrogen and oxygen atoms in total. The number of unbranched alkanes of at least 4 members (excludes halogenated alkanes) is 11. The van der Waals surface area contributed by atoms with E-state index in [2.05, 4.69) is 21.7 Å². The Hall–Kier alpha value is -2.86. The lowest BCUT2D eigenvalue weighted by Gasteiger charge is -2.05. The summed E-state index contributed by atoms with van der Waals surface area (Å²) in [4.78, 5) is 32.3. The number of rotatable bonds is 17. The van der Waals surface area contributed by atoms with Crippen molar-refractivity contribution in [2.45, 2.75) is 84.0 Å². The molecule has 0 saturated heterocycles. The third-order valence-corrected chi connectivity index (χ3v) is 5.66. The minimum atomic E-state index is -1.03. The van der Waals surface area contributed by atoms with Crippen LogP contribution >= 0.6 is 0 Å². The summed E-state index contributed by atoms with van der Waals surface area (Å²) in [6.45, 7) is 2.49. The van der Waals surface area contributed by atoms with Crippen LogP contribution in [0.25, 0.3) is 11.1 Å². The third kappa shape index (κ3) is 11.8. The van der Waals surface area contributed by atoms with Gasteiger partial charge in [-0.2, -0.15) is 0 Å². The molecule has 0 amide bonds. The summed E-state index contributed by atoms with van der Waals surface area (Å²) < 4.78 is 4.91.